The number of aromatic nitrogens is 3. The number of benzene rings is 2. The number of hydrogen-bond donors (Lipinski definition) is 2. The Morgan fingerprint density at radius 1 is 0.964 bits per heavy atom. The van der Waals surface area contributed by atoms with Gasteiger partial charge in [0.15, 0.2) is 0 Å². The molecule has 0 radical (unpaired) electrons. The van der Waals surface area contributed by atoms with E-state index in [-0.39, 0.29) is 35.9 Å². The molecular weight excluding hydrogens is 716 g/mol. The van der Waals surface area contributed by atoms with E-state index in [2.05, 4.69) is 31.4 Å². The van der Waals surface area contributed by atoms with Crippen LogP contribution in [0.2, 0.25) is 0 Å². The first-order valence-electron chi connectivity index (χ1n) is 19.8. The van der Waals surface area contributed by atoms with Crippen LogP contribution in [0.3, 0.4) is 0 Å². The minimum absolute atomic E-state index is 0.0161. The van der Waals surface area contributed by atoms with Crippen LogP contribution in [0, 0.1) is 24.1 Å². The maximum absolute atomic E-state index is 14.7. The Morgan fingerprint density at radius 2 is 1.73 bits per heavy atom. The van der Waals surface area contributed by atoms with Gasteiger partial charge >= 0.3 is 6.03 Å². The number of ether oxygens (including phenoxy) is 1. The number of piperidine rings is 2. The third-order valence-corrected chi connectivity index (χ3v) is 12.5. The third-order valence-electron chi connectivity index (χ3n) is 12.5. The minimum Gasteiger partial charge on any atom is -0.494 e. The average Bonchev–Trinajstić information content (AvgIpc) is 3.62. The van der Waals surface area contributed by atoms with Crippen LogP contribution in [0.15, 0.2) is 54.7 Å². The normalized spacial score (nSPS) is 19.7. The lowest BCUT2D eigenvalue weighted by Crippen LogP contribution is -2.50. The lowest BCUT2D eigenvalue weighted by Gasteiger charge is -2.47. The fourth-order valence-corrected chi connectivity index (χ4v) is 9.10. The SMILES string of the molecule is COc1cc2nn(C3CCN(CC4CCC5(CC4)CCN(C(=O)c4ccc(F)c(N6CCC(=O)NC6=O)c4)CC5)CC3)cc2cc1NC(=O)c1cccc(C)n1. The summed E-state index contributed by atoms with van der Waals surface area (Å²) in [4.78, 5) is 60.4. The molecule has 1 spiro atoms. The number of fused-ring (bicyclic) bond motifs is 1. The fourth-order valence-electron chi connectivity index (χ4n) is 9.10. The first kappa shape index (κ1) is 37.5. The molecule has 4 aromatic rings. The molecule has 0 unspecified atom stereocenters. The van der Waals surface area contributed by atoms with Crippen molar-refractivity contribution in [2.45, 2.75) is 70.8 Å². The van der Waals surface area contributed by atoms with Crippen molar-refractivity contribution in [3.63, 3.8) is 0 Å². The van der Waals surface area contributed by atoms with Crippen LogP contribution in [0.1, 0.15) is 90.4 Å². The predicted molar refractivity (Wildman–Crippen MR) is 209 cm³/mol. The van der Waals surface area contributed by atoms with Crippen molar-refractivity contribution in [2.24, 2.45) is 11.3 Å². The van der Waals surface area contributed by atoms with Crippen LogP contribution in [-0.4, -0.2) is 94.7 Å². The van der Waals surface area contributed by atoms with Crippen molar-refractivity contribution < 1.29 is 28.3 Å². The number of carbonyl (C=O) groups excluding carboxylic acids is 4. The molecule has 2 aromatic heterocycles. The first-order chi connectivity index (χ1) is 27.1. The maximum atomic E-state index is 14.7. The Kier molecular flexibility index (Phi) is 10.5. The van der Waals surface area contributed by atoms with E-state index in [1.807, 2.05) is 36.1 Å². The second-order valence-electron chi connectivity index (χ2n) is 16.0. The van der Waals surface area contributed by atoms with Crippen LogP contribution in [0.25, 0.3) is 10.9 Å². The van der Waals surface area contributed by atoms with Gasteiger partial charge in [0.1, 0.15) is 17.3 Å². The second kappa shape index (κ2) is 15.6. The fraction of sp³-hybridized carbons (Fsp3) is 0.476. The number of nitrogens with zero attached hydrogens (tertiary/aromatic N) is 6. The van der Waals surface area contributed by atoms with Crippen molar-refractivity contribution in [1.29, 1.82) is 0 Å². The van der Waals surface area contributed by atoms with Crippen molar-refractivity contribution >= 4 is 46.0 Å². The van der Waals surface area contributed by atoms with Gasteiger partial charge < -0.3 is 19.9 Å². The van der Waals surface area contributed by atoms with Crippen molar-refractivity contribution in [3.8, 4) is 5.75 Å². The van der Waals surface area contributed by atoms with Gasteiger partial charge in [0, 0.05) is 74.6 Å². The molecule has 0 atom stereocenters. The van der Waals surface area contributed by atoms with Gasteiger partial charge in [-0.15, -0.1) is 0 Å². The summed E-state index contributed by atoms with van der Waals surface area (Å²) in [6, 6.07) is 12.9. The summed E-state index contributed by atoms with van der Waals surface area (Å²) in [5, 5.41) is 11.0. The highest BCUT2D eigenvalue weighted by atomic mass is 19.1. The van der Waals surface area contributed by atoms with Crippen LogP contribution >= 0.6 is 0 Å². The van der Waals surface area contributed by atoms with Gasteiger partial charge in [-0.1, -0.05) is 6.07 Å². The van der Waals surface area contributed by atoms with Gasteiger partial charge in [0.05, 0.1) is 30.0 Å². The lowest BCUT2D eigenvalue weighted by molar-refractivity contribution is -0.120. The number of nitrogens with one attached hydrogen (secondary N) is 2. The summed E-state index contributed by atoms with van der Waals surface area (Å²) in [7, 11) is 1.59. The number of pyridine rings is 1. The van der Waals surface area contributed by atoms with Crippen molar-refractivity contribution in [3.05, 3.63) is 77.5 Å². The van der Waals surface area contributed by atoms with Gasteiger partial charge in [0.2, 0.25) is 5.91 Å². The largest absolute Gasteiger partial charge is 0.494 e. The number of carbonyl (C=O) groups is 4. The zero-order valence-electron chi connectivity index (χ0n) is 32.1. The molecular formula is C42H49FN8O5. The number of anilines is 2. The first-order valence-corrected chi connectivity index (χ1v) is 19.8. The number of likely N-dealkylation sites (tertiary alicyclic amines) is 2. The van der Waals surface area contributed by atoms with E-state index in [9.17, 15) is 23.6 Å². The van der Waals surface area contributed by atoms with E-state index in [0.717, 1.165) is 61.9 Å². The highest BCUT2D eigenvalue weighted by molar-refractivity contribution is 6.06. The van der Waals surface area contributed by atoms with Crippen LogP contribution in [-0.2, 0) is 4.79 Å². The summed E-state index contributed by atoms with van der Waals surface area (Å²) >= 11 is 0. The number of methoxy groups -OCH3 is 1. The molecule has 4 aliphatic rings. The smallest absolute Gasteiger partial charge is 0.328 e. The second-order valence-corrected chi connectivity index (χ2v) is 16.0. The van der Waals surface area contributed by atoms with Crippen molar-refractivity contribution in [2.75, 3.05) is 56.6 Å². The molecule has 4 fully saturated rings. The molecule has 14 heteroatoms. The van der Waals surface area contributed by atoms with Crippen LogP contribution in [0.4, 0.5) is 20.6 Å². The highest BCUT2D eigenvalue weighted by Crippen LogP contribution is 2.47. The zero-order valence-corrected chi connectivity index (χ0v) is 32.1. The monoisotopic (exact) mass is 764 g/mol. The molecule has 8 rings (SSSR count). The Hall–Kier alpha value is -5.37. The number of amides is 5. The molecule has 3 aliphatic heterocycles. The van der Waals surface area contributed by atoms with E-state index >= 15 is 0 Å². The molecule has 5 heterocycles. The summed E-state index contributed by atoms with van der Waals surface area (Å²) in [5.74, 6) is -0.218. The molecule has 2 N–H and O–H groups in total. The molecule has 294 valence electrons. The molecule has 0 bridgehead atoms. The van der Waals surface area contributed by atoms with Gasteiger partial charge in [-0.3, -0.25) is 29.3 Å². The predicted octanol–water partition coefficient (Wildman–Crippen LogP) is 6.34. The Balaban J connectivity index is 0.805. The van der Waals surface area contributed by atoms with Crippen molar-refractivity contribution in [1.82, 2.24) is 29.9 Å². The number of imide groups is 1. The topological polar surface area (TPSA) is 142 Å². The standard InChI is InChI=1S/C42H49FN8O5/c1-27-4-3-5-33(44-27)39(53)45-35-22-30-26-51(47-34(30)24-37(35)56-2)31-10-17-48(18-11-31)25-28-8-13-42(14-9-28)15-20-49(21-16-42)40(54)29-6-7-32(43)36(23-29)50-19-12-38(52)46-41(50)55/h3-7,22-24,26,28,31H,8-21,25H2,1-2H3,(H,45,53)(H,46,52,55). The van der Waals surface area contributed by atoms with Gasteiger partial charge in [-0.05, 0) is 106 Å². The summed E-state index contributed by atoms with van der Waals surface area (Å²) < 4.78 is 22.4. The Bertz CT molecular complexity index is 2150. The Labute approximate surface area is 325 Å². The highest BCUT2D eigenvalue weighted by Gasteiger charge is 2.40. The molecule has 2 aromatic carbocycles. The molecule has 3 saturated heterocycles. The summed E-state index contributed by atoms with van der Waals surface area (Å²) in [6.07, 6.45) is 10.9. The molecule has 1 aliphatic carbocycles. The number of rotatable bonds is 8. The molecule has 5 amide bonds. The maximum Gasteiger partial charge on any atom is 0.328 e. The van der Waals surface area contributed by atoms with E-state index < -0.39 is 17.8 Å². The quantitative estimate of drug-likeness (QED) is 0.212. The molecule has 1 saturated carbocycles. The molecule has 13 nitrogen and oxygen atoms in total. The van der Waals surface area contributed by atoms with Gasteiger partial charge in [-0.2, -0.15) is 5.10 Å². The van der Waals surface area contributed by atoms with Crippen LogP contribution < -0.4 is 20.3 Å². The number of urea groups is 1. The van der Waals surface area contributed by atoms with E-state index in [1.165, 1.54) is 48.8 Å². The zero-order chi connectivity index (χ0) is 39.0. The number of halogens is 1. The number of hydrogen-bond acceptors (Lipinski definition) is 8. The average molecular weight is 765 g/mol. The summed E-state index contributed by atoms with van der Waals surface area (Å²) in [5.41, 5.74) is 3.17. The van der Waals surface area contributed by atoms with Gasteiger partial charge in [-0.25, -0.2) is 14.2 Å². The lowest BCUT2D eigenvalue weighted by atomic mass is 9.65. The Morgan fingerprint density at radius 3 is 2.45 bits per heavy atom. The summed E-state index contributed by atoms with van der Waals surface area (Å²) in [6.45, 7) is 6.43. The minimum atomic E-state index is -0.675. The van der Waals surface area contributed by atoms with E-state index in [0.29, 0.717) is 47.7 Å². The van der Waals surface area contributed by atoms with E-state index in [1.54, 1.807) is 13.2 Å². The molecule has 56 heavy (non-hydrogen) atoms. The van der Waals surface area contributed by atoms with E-state index in [4.69, 9.17) is 9.84 Å². The van der Waals surface area contributed by atoms with Crippen LogP contribution in [0.5, 0.6) is 5.75 Å². The third kappa shape index (κ3) is 7.84. The number of aryl methyl sites for hydroxylation is 1. The van der Waals surface area contributed by atoms with Gasteiger partial charge in [0.25, 0.3) is 11.8 Å².